The number of anilines is 1. The average molecular weight is 349 g/mol. The summed E-state index contributed by atoms with van der Waals surface area (Å²) in [5.74, 6) is -0.0543. The Kier molecular flexibility index (Phi) is 6.14. The van der Waals surface area contributed by atoms with Crippen molar-refractivity contribution in [3.05, 3.63) is 36.5 Å². The number of carbonyl (C=O) groups is 1. The van der Waals surface area contributed by atoms with Gasteiger partial charge in [0.15, 0.2) is 0 Å². The highest BCUT2D eigenvalue weighted by molar-refractivity contribution is 7.92. The van der Waals surface area contributed by atoms with Gasteiger partial charge in [0, 0.05) is 24.5 Å². The number of benzene rings is 1. The molecule has 0 radical (unpaired) electrons. The van der Waals surface area contributed by atoms with E-state index in [1.54, 1.807) is 18.3 Å². The van der Waals surface area contributed by atoms with Crippen LogP contribution in [-0.4, -0.2) is 38.7 Å². The summed E-state index contributed by atoms with van der Waals surface area (Å²) in [6.07, 6.45) is 5.04. The van der Waals surface area contributed by atoms with E-state index >= 15 is 0 Å². The average Bonchev–Trinajstić information content (AvgIpc) is 2.55. The molecular formula is C17H23N3O3S. The fraction of sp³-hybridized carbons (Fsp3) is 0.412. The van der Waals surface area contributed by atoms with Gasteiger partial charge in [0.2, 0.25) is 15.9 Å². The summed E-state index contributed by atoms with van der Waals surface area (Å²) in [6, 6.07) is 9.12. The van der Waals surface area contributed by atoms with Crippen LogP contribution in [0.2, 0.25) is 0 Å². The molecule has 2 rings (SSSR count). The van der Waals surface area contributed by atoms with Crippen molar-refractivity contribution in [3.63, 3.8) is 0 Å². The first-order valence-electron chi connectivity index (χ1n) is 8.01. The molecule has 0 spiro atoms. The molecule has 2 aromatic rings. The largest absolute Gasteiger partial charge is 0.354 e. The third kappa shape index (κ3) is 4.67. The molecule has 0 atom stereocenters. The van der Waals surface area contributed by atoms with Crippen molar-refractivity contribution in [2.75, 3.05) is 23.7 Å². The van der Waals surface area contributed by atoms with Crippen molar-refractivity contribution >= 4 is 32.5 Å². The van der Waals surface area contributed by atoms with E-state index in [2.05, 4.69) is 10.3 Å². The molecule has 130 valence electrons. The molecule has 0 bridgehead atoms. The van der Waals surface area contributed by atoms with E-state index in [0.717, 1.165) is 24.5 Å². The Hall–Kier alpha value is -2.15. The lowest BCUT2D eigenvalue weighted by Gasteiger charge is -2.23. The lowest BCUT2D eigenvalue weighted by atomic mass is 10.2. The van der Waals surface area contributed by atoms with Crippen molar-refractivity contribution in [3.8, 4) is 0 Å². The fourth-order valence-corrected chi connectivity index (χ4v) is 3.40. The molecule has 0 aliphatic rings. The van der Waals surface area contributed by atoms with Crippen molar-refractivity contribution in [1.29, 1.82) is 0 Å². The van der Waals surface area contributed by atoms with E-state index in [4.69, 9.17) is 0 Å². The van der Waals surface area contributed by atoms with Gasteiger partial charge in [0.1, 0.15) is 0 Å². The predicted molar refractivity (Wildman–Crippen MR) is 96.5 cm³/mol. The first kappa shape index (κ1) is 18.2. The number of pyridine rings is 1. The van der Waals surface area contributed by atoms with Crippen LogP contribution in [-0.2, 0) is 14.8 Å². The minimum absolute atomic E-state index is 0.0543. The molecule has 6 nitrogen and oxygen atoms in total. The second kappa shape index (κ2) is 8.10. The highest BCUT2D eigenvalue weighted by atomic mass is 32.2. The second-order valence-corrected chi connectivity index (χ2v) is 7.55. The van der Waals surface area contributed by atoms with Crippen LogP contribution in [0.15, 0.2) is 36.5 Å². The summed E-state index contributed by atoms with van der Waals surface area (Å²) < 4.78 is 25.7. The molecule has 1 aromatic heterocycles. The Balaban J connectivity index is 2.19. The highest BCUT2D eigenvalue weighted by Gasteiger charge is 2.20. The first-order valence-corrected chi connectivity index (χ1v) is 9.86. The Morgan fingerprint density at radius 2 is 2.00 bits per heavy atom. The Morgan fingerprint density at radius 3 is 2.71 bits per heavy atom. The number of amides is 1. The van der Waals surface area contributed by atoms with Crippen LogP contribution in [0.3, 0.4) is 0 Å². The van der Waals surface area contributed by atoms with Crippen molar-refractivity contribution in [2.45, 2.75) is 26.2 Å². The maximum absolute atomic E-state index is 12.2. The van der Waals surface area contributed by atoms with Gasteiger partial charge < -0.3 is 5.32 Å². The van der Waals surface area contributed by atoms with E-state index in [0.29, 0.717) is 17.6 Å². The Labute approximate surface area is 142 Å². The Morgan fingerprint density at radius 1 is 1.25 bits per heavy atom. The lowest BCUT2D eigenvalue weighted by Crippen LogP contribution is -2.38. The molecule has 0 saturated carbocycles. The number of hydrogen-bond acceptors (Lipinski definition) is 4. The molecule has 0 aliphatic heterocycles. The minimum Gasteiger partial charge on any atom is -0.354 e. The van der Waals surface area contributed by atoms with Gasteiger partial charge in [-0.2, -0.15) is 0 Å². The summed E-state index contributed by atoms with van der Waals surface area (Å²) >= 11 is 0. The smallest absolute Gasteiger partial charge is 0.232 e. The lowest BCUT2D eigenvalue weighted by molar-refractivity contribution is -0.121. The SMILES string of the molecule is CCCCC(=O)NCCN(c1cccc2cccnc12)S(C)(=O)=O. The minimum atomic E-state index is -3.48. The number of hydrogen-bond donors (Lipinski definition) is 1. The number of nitrogens with one attached hydrogen (secondary N) is 1. The molecule has 1 N–H and O–H groups in total. The number of sulfonamides is 1. The van der Waals surface area contributed by atoms with Crippen LogP contribution in [0.4, 0.5) is 5.69 Å². The number of carbonyl (C=O) groups excluding carboxylic acids is 1. The fourth-order valence-electron chi connectivity index (χ4n) is 2.48. The molecule has 0 unspecified atom stereocenters. The number of nitrogens with zero attached hydrogens (tertiary/aromatic N) is 2. The zero-order valence-corrected chi connectivity index (χ0v) is 14.8. The summed E-state index contributed by atoms with van der Waals surface area (Å²) in [4.78, 5) is 16.0. The van der Waals surface area contributed by atoms with Gasteiger partial charge in [-0.3, -0.25) is 14.1 Å². The summed E-state index contributed by atoms with van der Waals surface area (Å²) in [7, 11) is -3.48. The number of fused-ring (bicyclic) bond motifs is 1. The van der Waals surface area contributed by atoms with Gasteiger partial charge in [-0.1, -0.05) is 31.5 Å². The van der Waals surface area contributed by atoms with Gasteiger partial charge in [-0.05, 0) is 18.6 Å². The van der Waals surface area contributed by atoms with Gasteiger partial charge >= 0.3 is 0 Å². The molecule has 24 heavy (non-hydrogen) atoms. The van der Waals surface area contributed by atoms with Crippen LogP contribution in [0.5, 0.6) is 0 Å². The second-order valence-electron chi connectivity index (χ2n) is 5.64. The monoisotopic (exact) mass is 349 g/mol. The maximum Gasteiger partial charge on any atom is 0.232 e. The van der Waals surface area contributed by atoms with Crippen LogP contribution < -0.4 is 9.62 Å². The van der Waals surface area contributed by atoms with Crippen molar-refractivity contribution in [2.24, 2.45) is 0 Å². The van der Waals surface area contributed by atoms with Gasteiger partial charge in [0.25, 0.3) is 0 Å². The predicted octanol–water partition coefficient (Wildman–Crippen LogP) is 2.31. The van der Waals surface area contributed by atoms with E-state index < -0.39 is 10.0 Å². The zero-order chi connectivity index (χ0) is 17.6. The van der Waals surface area contributed by atoms with E-state index in [-0.39, 0.29) is 19.0 Å². The number of unbranched alkanes of at least 4 members (excludes halogenated alkanes) is 1. The number of para-hydroxylation sites is 1. The number of rotatable bonds is 8. The molecule has 0 fully saturated rings. The molecule has 1 amide bonds. The van der Waals surface area contributed by atoms with Crippen LogP contribution in [0.25, 0.3) is 10.9 Å². The van der Waals surface area contributed by atoms with Gasteiger partial charge in [-0.25, -0.2) is 8.42 Å². The maximum atomic E-state index is 12.2. The third-order valence-corrected chi connectivity index (χ3v) is 4.85. The van der Waals surface area contributed by atoms with Crippen LogP contribution in [0, 0.1) is 0 Å². The normalized spacial score (nSPS) is 11.4. The number of aromatic nitrogens is 1. The molecular weight excluding hydrogens is 326 g/mol. The summed E-state index contributed by atoms with van der Waals surface area (Å²) in [5, 5.41) is 3.64. The molecule has 1 aromatic carbocycles. The topological polar surface area (TPSA) is 79.4 Å². The summed E-state index contributed by atoms with van der Waals surface area (Å²) in [5.41, 5.74) is 1.15. The molecule has 1 heterocycles. The zero-order valence-electron chi connectivity index (χ0n) is 14.0. The van der Waals surface area contributed by atoms with E-state index in [1.807, 2.05) is 25.1 Å². The first-order chi connectivity index (χ1) is 11.4. The molecule has 0 saturated heterocycles. The Bertz CT molecular complexity index is 800. The van der Waals surface area contributed by atoms with Gasteiger partial charge in [0.05, 0.1) is 24.0 Å². The van der Waals surface area contributed by atoms with E-state index in [1.165, 1.54) is 4.31 Å². The molecule has 0 aliphatic carbocycles. The summed E-state index contributed by atoms with van der Waals surface area (Å²) in [6.45, 7) is 2.46. The van der Waals surface area contributed by atoms with Crippen LogP contribution in [0.1, 0.15) is 26.2 Å². The third-order valence-electron chi connectivity index (χ3n) is 3.67. The van der Waals surface area contributed by atoms with Crippen molar-refractivity contribution < 1.29 is 13.2 Å². The quantitative estimate of drug-likeness (QED) is 0.793. The highest BCUT2D eigenvalue weighted by Crippen LogP contribution is 2.26. The van der Waals surface area contributed by atoms with E-state index in [9.17, 15) is 13.2 Å². The van der Waals surface area contributed by atoms with Crippen molar-refractivity contribution in [1.82, 2.24) is 10.3 Å². The van der Waals surface area contributed by atoms with Crippen LogP contribution >= 0.6 is 0 Å². The standard InChI is InChI=1S/C17H23N3O3S/c1-3-4-10-16(21)18-12-13-20(24(2,22)23)15-9-5-7-14-8-6-11-19-17(14)15/h5-9,11H,3-4,10,12-13H2,1-2H3,(H,18,21). The van der Waals surface area contributed by atoms with Gasteiger partial charge in [-0.15, -0.1) is 0 Å². The molecule has 7 heteroatoms.